The van der Waals surface area contributed by atoms with Crippen molar-refractivity contribution in [2.24, 2.45) is 5.41 Å². The predicted molar refractivity (Wildman–Crippen MR) is 87.0 cm³/mol. The number of aliphatic hydroxyl groups excluding tert-OH is 1. The minimum Gasteiger partial charge on any atom is -0.388 e. The number of aryl methyl sites for hydroxylation is 2. The maximum atomic E-state index is 10.4. The van der Waals surface area contributed by atoms with Crippen LogP contribution in [0, 0.1) is 19.3 Å². The Morgan fingerprint density at radius 2 is 1.60 bits per heavy atom. The summed E-state index contributed by atoms with van der Waals surface area (Å²) in [6.07, 6.45) is 0.406. The van der Waals surface area contributed by atoms with Gasteiger partial charge in [0, 0.05) is 12.6 Å². The lowest BCUT2D eigenvalue weighted by atomic mass is 9.87. The van der Waals surface area contributed by atoms with Gasteiger partial charge in [-0.2, -0.15) is 0 Å². The molecule has 0 aliphatic carbocycles. The molecule has 0 spiro atoms. The lowest BCUT2D eigenvalue weighted by Gasteiger charge is -2.35. The quantitative estimate of drug-likeness (QED) is 0.876. The Kier molecular flexibility index (Phi) is 5.79. The molecule has 0 bridgehead atoms. The second-order valence-corrected chi connectivity index (χ2v) is 7.25. The van der Waals surface area contributed by atoms with Crippen molar-refractivity contribution in [3.63, 3.8) is 0 Å². The molecule has 2 atom stereocenters. The highest BCUT2D eigenvalue weighted by molar-refractivity contribution is 5.29. The molecular weight excluding hydrogens is 246 g/mol. The zero-order chi connectivity index (χ0) is 15.5. The van der Waals surface area contributed by atoms with Crippen LogP contribution < -0.4 is 0 Å². The van der Waals surface area contributed by atoms with Crippen LogP contribution in [-0.4, -0.2) is 29.6 Å². The molecule has 0 amide bonds. The topological polar surface area (TPSA) is 23.5 Å². The van der Waals surface area contributed by atoms with Crippen LogP contribution in [0.4, 0.5) is 0 Å². The number of hydrogen-bond donors (Lipinski definition) is 1. The van der Waals surface area contributed by atoms with Gasteiger partial charge in [0.05, 0.1) is 6.10 Å². The van der Waals surface area contributed by atoms with E-state index in [1.54, 1.807) is 0 Å². The molecule has 2 unspecified atom stereocenters. The first-order chi connectivity index (χ1) is 9.11. The normalized spacial score (nSPS) is 15.4. The summed E-state index contributed by atoms with van der Waals surface area (Å²) in [5.41, 5.74) is 3.74. The second kappa shape index (κ2) is 6.73. The lowest BCUT2D eigenvalue weighted by Crippen LogP contribution is -2.40. The molecule has 1 aromatic rings. The Morgan fingerprint density at radius 1 is 1.10 bits per heavy atom. The minimum atomic E-state index is -0.372. The monoisotopic (exact) mass is 277 g/mol. The zero-order valence-corrected chi connectivity index (χ0v) is 14.2. The van der Waals surface area contributed by atoms with Gasteiger partial charge in [0.15, 0.2) is 0 Å². The maximum absolute atomic E-state index is 10.4. The SMILES string of the molecule is Cc1cc(C)cc(C(O)CCN(C)C(C)C(C)(C)C)c1. The van der Waals surface area contributed by atoms with E-state index in [0.717, 1.165) is 18.5 Å². The molecule has 2 heteroatoms. The minimum absolute atomic E-state index is 0.264. The van der Waals surface area contributed by atoms with Gasteiger partial charge >= 0.3 is 0 Å². The van der Waals surface area contributed by atoms with Gasteiger partial charge in [-0.25, -0.2) is 0 Å². The van der Waals surface area contributed by atoms with E-state index in [1.165, 1.54) is 11.1 Å². The van der Waals surface area contributed by atoms with Crippen LogP contribution in [0.5, 0.6) is 0 Å². The molecule has 0 aliphatic heterocycles. The third-order valence-electron chi connectivity index (χ3n) is 4.30. The maximum Gasteiger partial charge on any atom is 0.0802 e. The number of aliphatic hydroxyl groups is 1. The predicted octanol–water partition coefficient (Wildman–Crippen LogP) is 4.09. The van der Waals surface area contributed by atoms with Gasteiger partial charge in [0.1, 0.15) is 0 Å². The Labute approximate surface area is 124 Å². The molecule has 1 N–H and O–H groups in total. The van der Waals surface area contributed by atoms with Gasteiger partial charge in [0.25, 0.3) is 0 Å². The van der Waals surface area contributed by atoms with Gasteiger partial charge in [-0.1, -0.05) is 50.1 Å². The first-order valence-electron chi connectivity index (χ1n) is 7.57. The molecule has 0 aliphatic rings. The molecule has 0 saturated carbocycles. The molecule has 0 fully saturated rings. The third kappa shape index (κ3) is 4.92. The summed E-state index contributed by atoms with van der Waals surface area (Å²) >= 11 is 0. The van der Waals surface area contributed by atoms with Crippen molar-refractivity contribution in [1.29, 1.82) is 0 Å². The lowest BCUT2D eigenvalue weighted by molar-refractivity contribution is 0.104. The Balaban J connectivity index is 2.61. The van der Waals surface area contributed by atoms with Gasteiger partial charge in [-0.3, -0.25) is 0 Å². The molecule has 2 nitrogen and oxygen atoms in total. The summed E-state index contributed by atoms with van der Waals surface area (Å²) in [6, 6.07) is 6.81. The van der Waals surface area contributed by atoms with E-state index in [1.807, 2.05) is 0 Å². The molecule has 114 valence electrons. The van der Waals surface area contributed by atoms with E-state index in [0.29, 0.717) is 6.04 Å². The van der Waals surface area contributed by atoms with Crippen molar-refractivity contribution in [1.82, 2.24) is 4.90 Å². The highest BCUT2D eigenvalue weighted by atomic mass is 16.3. The Hall–Kier alpha value is -0.860. The van der Waals surface area contributed by atoms with E-state index in [4.69, 9.17) is 0 Å². The highest BCUT2D eigenvalue weighted by Crippen LogP contribution is 2.25. The van der Waals surface area contributed by atoms with Crippen molar-refractivity contribution < 1.29 is 5.11 Å². The summed E-state index contributed by atoms with van der Waals surface area (Å²) < 4.78 is 0. The molecule has 0 aromatic heterocycles. The van der Waals surface area contributed by atoms with Crippen molar-refractivity contribution in [2.75, 3.05) is 13.6 Å². The summed E-state index contributed by atoms with van der Waals surface area (Å²) in [5.74, 6) is 0. The molecule has 0 radical (unpaired) electrons. The third-order valence-corrected chi connectivity index (χ3v) is 4.30. The fourth-order valence-corrected chi connectivity index (χ4v) is 2.55. The highest BCUT2D eigenvalue weighted by Gasteiger charge is 2.24. The molecule has 1 aromatic carbocycles. The van der Waals surface area contributed by atoms with E-state index in [9.17, 15) is 5.11 Å². The average Bonchev–Trinajstić information content (AvgIpc) is 2.32. The largest absolute Gasteiger partial charge is 0.388 e. The Bertz CT molecular complexity index is 413. The summed E-state index contributed by atoms with van der Waals surface area (Å²) in [7, 11) is 2.14. The summed E-state index contributed by atoms with van der Waals surface area (Å²) in [6.45, 7) is 14.1. The van der Waals surface area contributed by atoms with Gasteiger partial charge < -0.3 is 10.0 Å². The average molecular weight is 277 g/mol. The van der Waals surface area contributed by atoms with Crippen molar-refractivity contribution >= 4 is 0 Å². The first-order valence-corrected chi connectivity index (χ1v) is 7.57. The van der Waals surface area contributed by atoms with E-state index >= 15 is 0 Å². The molecular formula is C18H31NO. The van der Waals surface area contributed by atoms with E-state index in [2.05, 4.69) is 71.7 Å². The van der Waals surface area contributed by atoms with Gasteiger partial charge in [-0.15, -0.1) is 0 Å². The Morgan fingerprint density at radius 3 is 2.05 bits per heavy atom. The summed E-state index contributed by atoms with van der Waals surface area (Å²) in [4.78, 5) is 2.34. The molecule has 1 rings (SSSR count). The molecule has 0 saturated heterocycles. The van der Waals surface area contributed by atoms with Gasteiger partial charge in [-0.05, 0) is 45.2 Å². The standard InChI is InChI=1S/C18H31NO/c1-13-10-14(2)12-16(11-13)17(20)8-9-19(7)15(3)18(4,5)6/h10-12,15,17,20H,8-9H2,1-7H3. The number of benzene rings is 1. The first kappa shape index (κ1) is 17.2. The van der Waals surface area contributed by atoms with Crippen LogP contribution in [0.1, 0.15) is 56.9 Å². The van der Waals surface area contributed by atoms with Crippen molar-refractivity contribution in [3.05, 3.63) is 34.9 Å². The second-order valence-electron chi connectivity index (χ2n) is 7.25. The molecule has 0 heterocycles. The van der Waals surface area contributed by atoms with Crippen LogP contribution in [0.25, 0.3) is 0 Å². The molecule has 20 heavy (non-hydrogen) atoms. The zero-order valence-electron chi connectivity index (χ0n) is 14.2. The van der Waals surface area contributed by atoms with Crippen molar-refractivity contribution in [2.45, 2.75) is 60.1 Å². The van der Waals surface area contributed by atoms with Crippen LogP contribution in [0.15, 0.2) is 18.2 Å². The van der Waals surface area contributed by atoms with Crippen molar-refractivity contribution in [3.8, 4) is 0 Å². The number of nitrogens with zero attached hydrogens (tertiary/aromatic N) is 1. The van der Waals surface area contributed by atoms with Crippen LogP contribution in [-0.2, 0) is 0 Å². The fraction of sp³-hybridized carbons (Fsp3) is 0.667. The smallest absolute Gasteiger partial charge is 0.0802 e. The van der Waals surface area contributed by atoms with Crippen LogP contribution in [0.2, 0.25) is 0 Å². The fourth-order valence-electron chi connectivity index (χ4n) is 2.55. The van der Waals surface area contributed by atoms with E-state index < -0.39 is 0 Å². The van der Waals surface area contributed by atoms with Crippen LogP contribution in [0.3, 0.4) is 0 Å². The van der Waals surface area contributed by atoms with Gasteiger partial charge in [0.2, 0.25) is 0 Å². The summed E-state index contributed by atoms with van der Waals surface area (Å²) in [5, 5.41) is 10.4. The number of rotatable bonds is 5. The van der Waals surface area contributed by atoms with E-state index in [-0.39, 0.29) is 11.5 Å². The number of hydrogen-bond acceptors (Lipinski definition) is 2. The van der Waals surface area contributed by atoms with Crippen LogP contribution >= 0.6 is 0 Å².